The number of para-hydroxylation sites is 1. The van der Waals surface area contributed by atoms with E-state index in [2.05, 4.69) is 23.3 Å². The Labute approximate surface area is 125 Å². The van der Waals surface area contributed by atoms with Crippen LogP contribution in [0.2, 0.25) is 0 Å². The average Bonchev–Trinajstić information content (AvgIpc) is 3.04. The molecule has 0 aliphatic carbocycles. The number of fused-ring (bicyclic) bond motifs is 1. The van der Waals surface area contributed by atoms with Crippen molar-refractivity contribution in [2.75, 3.05) is 19.8 Å². The second kappa shape index (κ2) is 6.87. The lowest BCUT2D eigenvalue weighted by Crippen LogP contribution is -2.17. The zero-order valence-corrected chi connectivity index (χ0v) is 12.5. The van der Waals surface area contributed by atoms with Crippen molar-refractivity contribution in [1.29, 1.82) is 0 Å². The maximum absolute atomic E-state index is 5.85. The third-order valence-corrected chi connectivity index (χ3v) is 3.78. The molecule has 1 saturated heterocycles. The summed E-state index contributed by atoms with van der Waals surface area (Å²) in [7, 11) is 0. The number of nitrogens with zero attached hydrogens (tertiary/aromatic N) is 1. The molecule has 0 spiro atoms. The molecule has 1 fully saturated rings. The van der Waals surface area contributed by atoms with Gasteiger partial charge in [-0.25, -0.2) is 4.98 Å². The Hall–Kier alpha value is -1.65. The number of rotatable bonds is 6. The number of benzene rings is 1. The topological polar surface area (TPSA) is 43.4 Å². The molecular formula is C17H22N2O2. The van der Waals surface area contributed by atoms with Gasteiger partial charge in [-0.05, 0) is 31.0 Å². The van der Waals surface area contributed by atoms with E-state index in [1.807, 2.05) is 24.3 Å². The van der Waals surface area contributed by atoms with Gasteiger partial charge in [0.25, 0.3) is 0 Å². The van der Waals surface area contributed by atoms with Crippen molar-refractivity contribution in [2.24, 2.45) is 0 Å². The summed E-state index contributed by atoms with van der Waals surface area (Å²) in [6, 6.07) is 10.2. The van der Waals surface area contributed by atoms with Crippen LogP contribution in [-0.2, 0) is 11.3 Å². The third kappa shape index (κ3) is 3.52. The molecule has 1 aromatic heterocycles. The highest BCUT2D eigenvalue weighted by atomic mass is 16.5. The molecule has 112 valence electrons. The third-order valence-electron chi connectivity index (χ3n) is 3.78. The minimum absolute atomic E-state index is 0.218. The summed E-state index contributed by atoms with van der Waals surface area (Å²) in [5.41, 5.74) is 2.21. The van der Waals surface area contributed by atoms with Crippen molar-refractivity contribution >= 4 is 10.9 Å². The lowest BCUT2D eigenvalue weighted by Gasteiger charge is -2.13. The fourth-order valence-electron chi connectivity index (χ4n) is 2.65. The molecule has 1 N–H and O–H groups in total. The molecule has 1 aliphatic heterocycles. The molecule has 21 heavy (non-hydrogen) atoms. The first-order valence-electron chi connectivity index (χ1n) is 7.70. The Bertz CT molecular complexity index is 594. The van der Waals surface area contributed by atoms with Crippen LogP contribution in [0.3, 0.4) is 0 Å². The predicted molar refractivity (Wildman–Crippen MR) is 83.6 cm³/mol. The number of ether oxygens (including phenoxy) is 2. The Balaban J connectivity index is 1.80. The van der Waals surface area contributed by atoms with Gasteiger partial charge in [-0.3, -0.25) is 0 Å². The molecule has 3 rings (SSSR count). The first-order valence-corrected chi connectivity index (χ1v) is 7.70. The smallest absolute Gasteiger partial charge is 0.214 e. The Morgan fingerprint density at radius 3 is 3.10 bits per heavy atom. The normalized spacial score (nSPS) is 18.2. The van der Waals surface area contributed by atoms with Crippen molar-refractivity contribution in [1.82, 2.24) is 10.3 Å². The van der Waals surface area contributed by atoms with Gasteiger partial charge in [-0.1, -0.05) is 25.1 Å². The van der Waals surface area contributed by atoms with E-state index in [-0.39, 0.29) is 6.10 Å². The zero-order chi connectivity index (χ0) is 14.5. The van der Waals surface area contributed by atoms with Crippen LogP contribution in [0.15, 0.2) is 30.3 Å². The summed E-state index contributed by atoms with van der Waals surface area (Å²) in [5, 5.41) is 4.56. The fraction of sp³-hybridized carbons (Fsp3) is 0.471. The standard InChI is InChI=1S/C17H22N2O2/c1-2-18-11-13-10-17(21-12-14-6-5-9-20-14)19-16-8-4-3-7-15(13)16/h3-4,7-8,10,14,18H,2,5-6,9,11-12H2,1H3. The van der Waals surface area contributed by atoms with Gasteiger partial charge in [-0.2, -0.15) is 0 Å². The summed E-state index contributed by atoms with van der Waals surface area (Å²) in [6.07, 6.45) is 2.43. The van der Waals surface area contributed by atoms with Crippen LogP contribution in [0.1, 0.15) is 25.3 Å². The Morgan fingerprint density at radius 1 is 1.38 bits per heavy atom. The van der Waals surface area contributed by atoms with E-state index < -0.39 is 0 Å². The summed E-state index contributed by atoms with van der Waals surface area (Å²) in [5.74, 6) is 0.692. The molecular weight excluding hydrogens is 264 g/mol. The van der Waals surface area contributed by atoms with Crippen molar-refractivity contribution in [3.05, 3.63) is 35.9 Å². The van der Waals surface area contributed by atoms with Crippen LogP contribution < -0.4 is 10.1 Å². The van der Waals surface area contributed by atoms with E-state index >= 15 is 0 Å². The van der Waals surface area contributed by atoms with E-state index in [9.17, 15) is 0 Å². The van der Waals surface area contributed by atoms with Crippen LogP contribution in [0, 0.1) is 0 Å². The number of hydrogen-bond donors (Lipinski definition) is 1. The second-order valence-corrected chi connectivity index (χ2v) is 5.36. The molecule has 1 unspecified atom stereocenters. The first kappa shape index (κ1) is 14.3. The fourth-order valence-corrected chi connectivity index (χ4v) is 2.65. The van der Waals surface area contributed by atoms with Gasteiger partial charge in [0, 0.05) is 24.6 Å². The zero-order valence-electron chi connectivity index (χ0n) is 12.5. The van der Waals surface area contributed by atoms with Crippen LogP contribution in [0.25, 0.3) is 10.9 Å². The molecule has 0 amide bonds. The van der Waals surface area contributed by atoms with E-state index in [0.717, 1.165) is 38.1 Å². The van der Waals surface area contributed by atoms with Crippen LogP contribution in [0.4, 0.5) is 0 Å². The molecule has 1 atom stereocenters. The molecule has 2 aromatic rings. The van der Waals surface area contributed by atoms with Crippen molar-refractivity contribution in [3.63, 3.8) is 0 Å². The lowest BCUT2D eigenvalue weighted by atomic mass is 10.1. The van der Waals surface area contributed by atoms with Gasteiger partial charge in [0.2, 0.25) is 5.88 Å². The number of pyridine rings is 1. The quantitative estimate of drug-likeness (QED) is 0.886. The average molecular weight is 286 g/mol. The maximum Gasteiger partial charge on any atom is 0.214 e. The summed E-state index contributed by atoms with van der Waals surface area (Å²) < 4.78 is 11.4. The maximum atomic E-state index is 5.85. The summed E-state index contributed by atoms with van der Waals surface area (Å²) in [4.78, 5) is 4.60. The SMILES string of the molecule is CCNCc1cc(OCC2CCCO2)nc2ccccc12. The van der Waals surface area contributed by atoms with Gasteiger partial charge < -0.3 is 14.8 Å². The van der Waals surface area contributed by atoms with Crippen molar-refractivity contribution in [2.45, 2.75) is 32.4 Å². The van der Waals surface area contributed by atoms with Gasteiger partial charge >= 0.3 is 0 Å². The van der Waals surface area contributed by atoms with E-state index in [4.69, 9.17) is 9.47 Å². The molecule has 4 nitrogen and oxygen atoms in total. The number of hydrogen-bond acceptors (Lipinski definition) is 4. The van der Waals surface area contributed by atoms with Gasteiger partial charge in [0.1, 0.15) is 6.61 Å². The second-order valence-electron chi connectivity index (χ2n) is 5.36. The molecule has 1 aromatic carbocycles. The van der Waals surface area contributed by atoms with E-state index in [1.54, 1.807) is 0 Å². The summed E-state index contributed by atoms with van der Waals surface area (Å²) >= 11 is 0. The minimum atomic E-state index is 0.218. The van der Waals surface area contributed by atoms with Gasteiger partial charge in [0.05, 0.1) is 11.6 Å². The van der Waals surface area contributed by atoms with Crippen LogP contribution in [-0.4, -0.2) is 30.8 Å². The van der Waals surface area contributed by atoms with Crippen LogP contribution >= 0.6 is 0 Å². The van der Waals surface area contributed by atoms with Gasteiger partial charge in [-0.15, -0.1) is 0 Å². The van der Waals surface area contributed by atoms with Gasteiger partial charge in [0.15, 0.2) is 0 Å². The summed E-state index contributed by atoms with van der Waals surface area (Å²) in [6.45, 7) is 5.33. The molecule has 0 bridgehead atoms. The highest BCUT2D eigenvalue weighted by Gasteiger charge is 2.16. The highest BCUT2D eigenvalue weighted by Crippen LogP contribution is 2.23. The lowest BCUT2D eigenvalue weighted by molar-refractivity contribution is 0.0664. The van der Waals surface area contributed by atoms with Crippen LogP contribution in [0.5, 0.6) is 5.88 Å². The molecule has 2 heterocycles. The predicted octanol–water partition coefficient (Wildman–Crippen LogP) is 2.90. The minimum Gasteiger partial charge on any atom is -0.475 e. The van der Waals surface area contributed by atoms with E-state index in [0.29, 0.717) is 12.5 Å². The Morgan fingerprint density at radius 2 is 2.29 bits per heavy atom. The molecule has 0 radical (unpaired) electrons. The van der Waals surface area contributed by atoms with Crippen molar-refractivity contribution in [3.8, 4) is 5.88 Å². The first-order chi connectivity index (χ1) is 10.4. The molecule has 1 aliphatic rings. The molecule has 0 saturated carbocycles. The highest BCUT2D eigenvalue weighted by molar-refractivity contribution is 5.82. The molecule has 4 heteroatoms. The number of aromatic nitrogens is 1. The van der Waals surface area contributed by atoms with E-state index in [1.165, 1.54) is 10.9 Å². The largest absolute Gasteiger partial charge is 0.475 e. The number of nitrogens with one attached hydrogen (secondary N) is 1. The van der Waals surface area contributed by atoms with Crippen molar-refractivity contribution < 1.29 is 9.47 Å². The Kier molecular flexibility index (Phi) is 4.68. The monoisotopic (exact) mass is 286 g/mol.